The quantitative estimate of drug-likeness (QED) is 0.517. The van der Waals surface area contributed by atoms with E-state index in [9.17, 15) is 14.4 Å². The zero-order chi connectivity index (χ0) is 21.9. The van der Waals surface area contributed by atoms with E-state index in [1.54, 1.807) is 19.1 Å². The number of rotatable bonds is 3. The number of imide groups is 1. The second-order valence-corrected chi connectivity index (χ2v) is 7.87. The summed E-state index contributed by atoms with van der Waals surface area (Å²) in [4.78, 5) is 44.8. The van der Waals surface area contributed by atoms with Gasteiger partial charge in [-0.05, 0) is 50.1 Å². The third-order valence-electron chi connectivity index (χ3n) is 5.69. The summed E-state index contributed by atoms with van der Waals surface area (Å²) in [6.07, 6.45) is -0.0618. The Labute approximate surface area is 177 Å². The van der Waals surface area contributed by atoms with Gasteiger partial charge in [0.15, 0.2) is 5.58 Å². The van der Waals surface area contributed by atoms with Crippen LogP contribution in [0.15, 0.2) is 51.7 Å². The first-order valence-electron chi connectivity index (χ1n) is 9.96. The summed E-state index contributed by atoms with van der Waals surface area (Å²) in [5, 5.41) is 2.94. The van der Waals surface area contributed by atoms with Gasteiger partial charge in [-0.1, -0.05) is 24.3 Å². The smallest absolute Gasteiger partial charge is 0.325 e. The molecule has 1 aliphatic rings. The lowest BCUT2D eigenvalue weighted by molar-refractivity contribution is -0.121. The first-order valence-corrected chi connectivity index (χ1v) is 9.96. The highest BCUT2D eigenvalue weighted by Gasteiger charge is 2.43. The fourth-order valence-corrected chi connectivity index (χ4v) is 4.13. The number of nitrogens with one attached hydrogen (secondary N) is 1. The molecule has 5 rings (SSSR count). The highest BCUT2D eigenvalue weighted by Crippen LogP contribution is 2.35. The minimum atomic E-state index is -0.859. The summed E-state index contributed by atoms with van der Waals surface area (Å²) < 4.78 is 6.88. The lowest BCUT2D eigenvalue weighted by Crippen LogP contribution is -2.31. The summed E-state index contributed by atoms with van der Waals surface area (Å²) in [6, 6.07) is 12.9. The predicted molar refractivity (Wildman–Crippen MR) is 114 cm³/mol. The number of hydrogen-bond acceptors (Lipinski definition) is 5. The SMILES string of the molecule is Cc1ccc(C)c(N2C(=O)CC(c3c(C)[nH]n(-c4nc5ccccc5o4)c3=O)C2=O)c1. The van der Waals surface area contributed by atoms with Crippen LogP contribution in [0.4, 0.5) is 5.69 Å². The van der Waals surface area contributed by atoms with Crippen molar-refractivity contribution in [1.82, 2.24) is 14.8 Å². The van der Waals surface area contributed by atoms with Crippen molar-refractivity contribution in [2.75, 3.05) is 4.90 Å². The normalized spacial score (nSPS) is 16.6. The van der Waals surface area contributed by atoms with Crippen molar-refractivity contribution in [2.45, 2.75) is 33.1 Å². The van der Waals surface area contributed by atoms with E-state index in [-0.39, 0.29) is 23.9 Å². The molecule has 3 heterocycles. The average molecular weight is 416 g/mol. The van der Waals surface area contributed by atoms with Gasteiger partial charge in [0.05, 0.1) is 17.2 Å². The molecule has 2 amide bonds. The maximum atomic E-state index is 13.3. The Balaban J connectivity index is 1.57. The van der Waals surface area contributed by atoms with Gasteiger partial charge in [-0.15, -0.1) is 0 Å². The molecule has 2 aromatic heterocycles. The first kappa shape index (κ1) is 19.0. The van der Waals surface area contributed by atoms with E-state index in [0.717, 1.165) is 11.1 Å². The number of carbonyl (C=O) groups is 2. The summed E-state index contributed by atoms with van der Waals surface area (Å²) in [7, 11) is 0. The third-order valence-corrected chi connectivity index (χ3v) is 5.69. The molecule has 1 unspecified atom stereocenters. The molecule has 1 N–H and O–H groups in total. The molecule has 1 saturated heterocycles. The number of carbonyl (C=O) groups excluding carboxylic acids is 2. The fourth-order valence-electron chi connectivity index (χ4n) is 4.13. The molecule has 0 radical (unpaired) electrons. The van der Waals surface area contributed by atoms with Crippen molar-refractivity contribution in [3.8, 4) is 6.01 Å². The monoisotopic (exact) mass is 416 g/mol. The second kappa shape index (κ2) is 6.80. The Kier molecular flexibility index (Phi) is 4.18. The van der Waals surface area contributed by atoms with Gasteiger partial charge in [0.2, 0.25) is 11.8 Å². The molecule has 31 heavy (non-hydrogen) atoms. The molecule has 0 bridgehead atoms. The summed E-state index contributed by atoms with van der Waals surface area (Å²) in [6.45, 7) is 5.46. The zero-order valence-electron chi connectivity index (χ0n) is 17.3. The van der Waals surface area contributed by atoms with Crippen LogP contribution in [0, 0.1) is 20.8 Å². The van der Waals surface area contributed by atoms with E-state index in [4.69, 9.17) is 4.42 Å². The van der Waals surface area contributed by atoms with Crippen molar-refractivity contribution in [3.05, 3.63) is 75.2 Å². The van der Waals surface area contributed by atoms with Crippen LogP contribution < -0.4 is 10.5 Å². The van der Waals surface area contributed by atoms with Crippen LogP contribution >= 0.6 is 0 Å². The number of H-pyrrole nitrogens is 1. The van der Waals surface area contributed by atoms with Gasteiger partial charge < -0.3 is 4.42 Å². The van der Waals surface area contributed by atoms with Gasteiger partial charge in [0, 0.05) is 12.1 Å². The number of aryl methyl sites for hydroxylation is 3. The van der Waals surface area contributed by atoms with Crippen LogP contribution in [0.3, 0.4) is 0 Å². The molecule has 1 atom stereocenters. The highest BCUT2D eigenvalue weighted by atomic mass is 16.4. The number of aromatic amines is 1. The van der Waals surface area contributed by atoms with Gasteiger partial charge in [-0.25, -0.2) is 4.90 Å². The van der Waals surface area contributed by atoms with Gasteiger partial charge in [0.25, 0.3) is 5.56 Å². The van der Waals surface area contributed by atoms with E-state index in [1.807, 2.05) is 44.2 Å². The maximum Gasteiger partial charge on any atom is 0.325 e. The van der Waals surface area contributed by atoms with E-state index in [0.29, 0.717) is 22.5 Å². The zero-order valence-corrected chi connectivity index (χ0v) is 17.3. The Morgan fingerprint density at radius 2 is 1.84 bits per heavy atom. The van der Waals surface area contributed by atoms with Gasteiger partial charge in [0.1, 0.15) is 5.52 Å². The number of anilines is 1. The number of oxazole rings is 1. The van der Waals surface area contributed by atoms with Crippen molar-refractivity contribution in [2.24, 2.45) is 0 Å². The van der Waals surface area contributed by atoms with Gasteiger partial charge in [-0.2, -0.15) is 9.67 Å². The lowest BCUT2D eigenvalue weighted by atomic mass is 9.98. The number of para-hydroxylation sites is 2. The predicted octanol–water partition coefficient (Wildman–Crippen LogP) is 3.28. The molecule has 0 spiro atoms. The molecule has 156 valence electrons. The molecule has 2 aromatic carbocycles. The largest absolute Gasteiger partial charge is 0.422 e. The molecule has 8 heteroatoms. The minimum absolute atomic E-state index is 0.0618. The molecule has 1 aliphatic heterocycles. The first-order chi connectivity index (χ1) is 14.8. The molecule has 1 fully saturated rings. The Bertz CT molecular complexity index is 1390. The standard InChI is InChI=1S/C23H20N4O4/c1-12-8-9-13(2)17(10-12)26-19(28)11-15(21(26)29)20-14(3)25-27(22(20)30)23-24-16-6-4-5-7-18(16)31-23/h4-10,15,25H,11H2,1-3H3. The maximum absolute atomic E-state index is 13.3. The number of amides is 2. The lowest BCUT2D eigenvalue weighted by Gasteiger charge is -2.18. The van der Waals surface area contributed by atoms with E-state index in [2.05, 4.69) is 10.1 Å². The molecule has 4 aromatic rings. The summed E-state index contributed by atoms with van der Waals surface area (Å²) in [5.41, 5.74) is 3.80. The van der Waals surface area contributed by atoms with Gasteiger partial charge >= 0.3 is 6.01 Å². The number of aromatic nitrogens is 3. The molecule has 0 saturated carbocycles. The number of benzene rings is 2. The Hall–Kier alpha value is -3.94. The fraction of sp³-hybridized carbons (Fsp3) is 0.217. The molecule has 8 nitrogen and oxygen atoms in total. The van der Waals surface area contributed by atoms with Crippen LogP contribution in [-0.2, 0) is 9.59 Å². The van der Waals surface area contributed by atoms with Crippen LogP contribution in [0.25, 0.3) is 17.1 Å². The van der Waals surface area contributed by atoms with Crippen molar-refractivity contribution in [3.63, 3.8) is 0 Å². The van der Waals surface area contributed by atoms with Crippen LogP contribution in [0.1, 0.15) is 34.7 Å². The van der Waals surface area contributed by atoms with Crippen LogP contribution in [0.5, 0.6) is 0 Å². The minimum Gasteiger partial charge on any atom is -0.422 e. The van der Waals surface area contributed by atoms with E-state index >= 15 is 0 Å². The summed E-state index contributed by atoms with van der Waals surface area (Å²) >= 11 is 0. The third kappa shape index (κ3) is 2.91. The second-order valence-electron chi connectivity index (χ2n) is 7.87. The Morgan fingerprint density at radius 1 is 1.06 bits per heavy atom. The average Bonchev–Trinajstić information content (AvgIpc) is 3.37. The highest BCUT2D eigenvalue weighted by molar-refractivity contribution is 6.23. The van der Waals surface area contributed by atoms with Crippen LogP contribution in [-0.4, -0.2) is 26.6 Å². The Morgan fingerprint density at radius 3 is 2.61 bits per heavy atom. The van der Waals surface area contributed by atoms with Gasteiger partial charge in [-0.3, -0.25) is 19.5 Å². The number of nitrogens with zero attached hydrogens (tertiary/aromatic N) is 3. The van der Waals surface area contributed by atoms with Crippen molar-refractivity contribution in [1.29, 1.82) is 0 Å². The van der Waals surface area contributed by atoms with Crippen LogP contribution in [0.2, 0.25) is 0 Å². The van der Waals surface area contributed by atoms with E-state index < -0.39 is 17.4 Å². The number of hydrogen-bond donors (Lipinski definition) is 1. The summed E-state index contributed by atoms with van der Waals surface area (Å²) in [5.74, 6) is -1.58. The molecule has 0 aliphatic carbocycles. The number of fused-ring (bicyclic) bond motifs is 1. The van der Waals surface area contributed by atoms with E-state index in [1.165, 1.54) is 9.58 Å². The van der Waals surface area contributed by atoms with Crippen molar-refractivity contribution < 1.29 is 14.0 Å². The van der Waals surface area contributed by atoms with Crippen molar-refractivity contribution >= 4 is 28.6 Å². The molecular formula is C23H20N4O4. The molecular weight excluding hydrogens is 396 g/mol. The topological polar surface area (TPSA) is 101 Å².